The van der Waals surface area contributed by atoms with Crippen molar-refractivity contribution < 1.29 is 9.90 Å². The fourth-order valence-electron chi connectivity index (χ4n) is 4.17. The summed E-state index contributed by atoms with van der Waals surface area (Å²) in [5, 5.41) is 14.7. The second kappa shape index (κ2) is 9.35. The molecule has 4 rings (SSSR count). The van der Waals surface area contributed by atoms with E-state index in [9.17, 15) is 4.79 Å². The van der Waals surface area contributed by atoms with E-state index in [0.717, 1.165) is 31.5 Å². The first kappa shape index (κ1) is 21.8. The van der Waals surface area contributed by atoms with E-state index in [1.54, 1.807) is 0 Å². The summed E-state index contributed by atoms with van der Waals surface area (Å²) in [6.45, 7) is 3.50. The molecule has 0 saturated carbocycles. The van der Waals surface area contributed by atoms with Gasteiger partial charge in [-0.1, -0.05) is 36.4 Å². The van der Waals surface area contributed by atoms with Gasteiger partial charge in [0.1, 0.15) is 6.04 Å². The minimum atomic E-state index is -0.950. The van der Waals surface area contributed by atoms with Crippen molar-refractivity contribution in [2.45, 2.75) is 38.3 Å². The number of piperidine rings is 1. The summed E-state index contributed by atoms with van der Waals surface area (Å²) < 4.78 is 0. The van der Waals surface area contributed by atoms with Crippen molar-refractivity contribution in [2.24, 2.45) is 11.7 Å². The molecule has 0 radical (unpaired) electrons. The highest BCUT2D eigenvalue weighted by atomic mass is 16.4. The first-order chi connectivity index (χ1) is 15.4. The van der Waals surface area contributed by atoms with Crippen LogP contribution in [0.2, 0.25) is 0 Å². The third kappa shape index (κ3) is 5.05. The van der Waals surface area contributed by atoms with E-state index in [2.05, 4.69) is 62.4 Å². The van der Waals surface area contributed by atoms with Crippen LogP contribution in [0.5, 0.6) is 0 Å². The van der Waals surface area contributed by atoms with Gasteiger partial charge >= 0.3 is 5.97 Å². The van der Waals surface area contributed by atoms with E-state index in [4.69, 9.17) is 16.6 Å². The molecular weight excluding hydrogens is 406 g/mol. The largest absolute Gasteiger partial charge is 0.480 e. The number of benzene rings is 2. The van der Waals surface area contributed by atoms with Crippen LogP contribution in [0.4, 0.5) is 17.8 Å². The highest BCUT2D eigenvalue weighted by Gasteiger charge is 2.25. The van der Waals surface area contributed by atoms with Crippen LogP contribution in [0.3, 0.4) is 0 Å². The van der Waals surface area contributed by atoms with Crippen LogP contribution in [0.25, 0.3) is 10.8 Å². The summed E-state index contributed by atoms with van der Waals surface area (Å²) >= 11 is 0. The number of nitrogens with one attached hydrogen (secondary N) is 1. The van der Waals surface area contributed by atoms with E-state index in [0.29, 0.717) is 18.3 Å². The Kier molecular flexibility index (Phi) is 6.36. The Balaban J connectivity index is 1.43. The van der Waals surface area contributed by atoms with Gasteiger partial charge in [0.2, 0.25) is 17.8 Å². The Labute approximate surface area is 186 Å². The molecule has 1 aromatic heterocycles. The van der Waals surface area contributed by atoms with Gasteiger partial charge in [0.25, 0.3) is 0 Å². The van der Waals surface area contributed by atoms with Crippen molar-refractivity contribution in [3.8, 4) is 0 Å². The zero-order chi connectivity index (χ0) is 22.7. The Morgan fingerprint density at radius 2 is 1.88 bits per heavy atom. The monoisotopic (exact) mass is 435 g/mol. The molecule has 2 atom stereocenters. The van der Waals surface area contributed by atoms with Gasteiger partial charge in [-0.3, -0.25) is 4.79 Å². The summed E-state index contributed by atoms with van der Waals surface area (Å²) in [4.78, 5) is 26.2. The van der Waals surface area contributed by atoms with Gasteiger partial charge < -0.3 is 26.8 Å². The quantitative estimate of drug-likeness (QED) is 0.440. The molecule has 0 amide bonds. The van der Waals surface area contributed by atoms with Crippen LogP contribution < -0.4 is 21.7 Å². The van der Waals surface area contributed by atoms with E-state index in [1.165, 1.54) is 10.8 Å². The standard InChI is InChI=1S/C23H29N7O2/c1-14(17-7-6-16-4-2-3-5-18(16)13-17)26-22-27-21(25)28-23(29-22)30-10-8-15(9-11-30)12-19(24)20(31)32/h2-7,13-15,19H,8-12,24H2,1H3,(H,31,32)(H3,25,26,27,28,29)/t14-,19+/m1/s1. The number of fused-ring (bicyclic) bond motifs is 1. The lowest BCUT2D eigenvalue weighted by Crippen LogP contribution is -2.39. The zero-order valence-corrected chi connectivity index (χ0v) is 18.1. The first-order valence-electron chi connectivity index (χ1n) is 10.9. The van der Waals surface area contributed by atoms with Gasteiger partial charge in [0.05, 0.1) is 6.04 Å². The van der Waals surface area contributed by atoms with Crippen molar-refractivity contribution in [1.29, 1.82) is 0 Å². The molecule has 1 aliphatic rings. The van der Waals surface area contributed by atoms with Crippen LogP contribution in [0, 0.1) is 5.92 Å². The molecule has 0 unspecified atom stereocenters. The molecule has 0 aliphatic carbocycles. The molecule has 9 heteroatoms. The fourth-order valence-corrected chi connectivity index (χ4v) is 4.17. The lowest BCUT2D eigenvalue weighted by atomic mass is 9.90. The number of aliphatic carboxylic acids is 1. The maximum absolute atomic E-state index is 11.0. The average Bonchev–Trinajstić information content (AvgIpc) is 2.78. The second-order valence-electron chi connectivity index (χ2n) is 8.40. The van der Waals surface area contributed by atoms with Crippen LogP contribution in [0.1, 0.15) is 37.8 Å². The highest BCUT2D eigenvalue weighted by Crippen LogP contribution is 2.26. The molecule has 0 spiro atoms. The summed E-state index contributed by atoms with van der Waals surface area (Å²) in [5.41, 5.74) is 12.8. The molecule has 3 aromatic rings. The Hall–Kier alpha value is -3.46. The minimum absolute atomic E-state index is 0.0162. The lowest BCUT2D eigenvalue weighted by molar-refractivity contribution is -0.139. The number of nitrogens with zero attached hydrogens (tertiary/aromatic N) is 4. The summed E-state index contributed by atoms with van der Waals surface area (Å²) in [5.74, 6) is 0.462. The maximum atomic E-state index is 11.0. The third-order valence-corrected chi connectivity index (χ3v) is 6.06. The summed E-state index contributed by atoms with van der Waals surface area (Å²) in [6.07, 6.45) is 2.16. The van der Waals surface area contributed by atoms with Crippen molar-refractivity contribution in [3.05, 3.63) is 48.0 Å². The first-order valence-corrected chi connectivity index (χ1v) is 10.9. The molecule has 2 aromatic carbocycles. The summed E-state index contributed by atoms with van der Waals surface area (Å²) in [6, 6.07) is 13.8. The molecule has 1 saturated heterocycles. The number of nitrogen functional groups attached to an aromatic ring is 1. The van der Waals surface area contributed by atoms with E-state index < -0.39 is 12.0 Å². The Morgan fingerprint density at radius 3 is 2.59 bits per heavy atom. The number of carboxylic acid groups (broad SMARTS) is 1. The molecule has 0 bridgehead atoms. The number of aromatic nitrogens is 3. The van der Waals surface area contributed by atoms with E-state index >= 15 is 0 Å². The fraction of sp³-hybridized carbons (Fsp3) is 0.391. The summed E-state index contributed by atoms with van der Waals surface area (Å²) in [7, 11) is 0. The predicted octanol–water partition coefficient (Wildman–Crippen LogP) is 2.80. The average molecular weight is 436 g/mol. The van der Waals surface area contributed by atoms with Crippen molar-refractivity contribution in [1.82, 2.24) is 15.0 Å². The Bertz CT molecular complexity index is 1100. The van der Waals surface area contributed by atoms with E-state index in [-0.39, 0.29) is 17.9 Å². The van der Waals surface area contributed by atoms with Crippen molar-refractivity contribution >= 4 is 34.6 Å². The SMILES string of the molecule is C[C@@H](Nc1nc(N)nc(N2CCC(C[C@H](N)C(=O)O)CC2)n1)c1ccc2ccccc2c1. The zero-order valence-electron chi connectivity index (χ0n) is 18.1. The van der Waals surface area contributed by atoms with Crippen LogP contribution in [-0.4, -0.2) is 45.2 Å². The molecule has 1 aliphatic heterocycles. The molecule has 2 heterocycles. The molecule has 1 fully saturated rings. The smallest absolute Gasteiger partial charge is 0.320 e. The molecule has 9 nitrogen and oxygen atoms in total. The second-order valence-corrected chi connectivity index (χ2v) is 8.40. The Morgan fingerprint density at radius 1 is 1.16 bits per heavy atom. The topological polar surface area (TPSA) is 143 Å². The number of rotatable bonds is 7. The van der Waals surface area contributed by atoms with Gasteiger partial charge in [-0.2, -0.15) is 15.0 Å². The normalized spacial score (nSPS) is 16.6. The van der Waals surface area contributed by atoms with Crippen molar-refractivity contribution in [2.75, 3.05) is 29.0 Å². The number of anilines is 3. The van der Waals surface area contributed by atoms with Gasteiger partial charge in [-0.25, -0.2) is 0 Å². The predicted molar refractivity (Wildman–Crippen MR) is 125 cm³/mol. The molecular formula is C23H29N7O2. The minimum Gasteiger partial charge on any atom is -0.480 e. The number of carbonyl (C=O) groups is 1. The van der Waals surface area contributed by atoms with Gasteiger partial charge in [0, 0.05) is 13.1 Å². The lowest BCUT2D eigenvalue weighted by Gasteiger charge is -2.32. The van der Waals surface area contributed by atoms with Gasteiger partial charge in [-0.15, -0.1) is 0 Å². The van der Waals surface area contributed by atoms with Gasteiger partial charge in [0.15, 0.2) is 0 Å². The van der Waals surface area contributed by atoms with Gasteiger partial charge in [-0.05, 0) is 54.5 Å². The number of hydrogen-bond donors (Lipinski definition) is 4. The van der Waals surface area contributed by atoms with Crippen LogP contribution >= 0.6 is 0 Å². The molecule has 6 N–H and O–H groups in total. The highest BCUT2D eigenvalue weighted by molar-refractivity contribution is 5.83. The number of nitrogens with two attached hydrogens (primary N) is 2. The van der Waals surface area contributed by atoms with Crippen molar-refractivity contribution in [3.63, 3.8) is 0 Å². The van der Waals surface area contributed by atoms with Crippen LogP contribution in [0.15, 0.2) is 42.5 Å². The van der Waals surface area contributed by atoms with Crippen LogP contribution in [-0.2, 0) is 4.79 Å². The van der Waals surface area contributed by atoms with E-state index in [1.807, 2.05) is 12.1 Å². The number of hydrogen-bond acceptors (Lipinski definition) is 8. The molecule has 32 heavy (non-hydrogen) atoms. The number of carboxylic acids is 1. The molecule has 168 valence electrons. The maximum Gasteiger partial charge on any atom is 0.320 e. The third-order valence-electron chi connectivity index (χ3n) is 6.06.